The summed E-state index contributed by atoms with van der Waals surface area (Å²) in [7, 11) is 1.42. The molecule has 1 aliphatic rings. The lowest BCUT2D eigenvalue weighted by Crippen LogP contribution is -2.34. The molecule has 7 nitrogen and oxygen atoms in total. The Balaban J connectivity index is 1.78. The smallest absolute Gasteiger partial charge is 0.496 e. The molecule has 138 valence electrons. The molecule has 0 bridgehead atoms. The Kier molecular flexibility index (Phi) is 6.25. The van der Waals surface area contributed by atoms with E-state index in [0.29, 0.717) is 11.7 Å². The maximum Gasteiger partial charge on any atom is 0.543 e. The first-order valence-corrected chi connectivity index (χ1v) is 8.20. The number of benzene rings is 1. The molecule has 0 spiro atoms. The zero-order valence-corrected chi connectivity index (χ0v) is 14.9. The largest absolute Gasteiger partial charge is 0.543 e. The Labute approximate surface area is 147 Å². The van der Waals surface area contributed by atoms with Crippen LogP contribution in [0, 0.1) is 11.3 Å². The first kappa shape index (κ1) is 19.1. The maximum atomic E-state index is 11.9. The van der Waals surface area contributed by atoms with Crippen molar-refractivity contribution in [3.63, 3.8) is 0 Å². The molecular formula is C18H24O7. The van der Waals surface area contributed by atoms with E-state index in [9.17, 15) is 9.59 Å². The number of ether oxygens (including phenoxy) is 2. The van der Waals surface area contributed by atoms with Crippen molar-refractivity contribution in [1.29, 1.82) is 0 Å². The molecule has 1 aromatic rings. The van der Waals surface area contributed by atoms with Gasteiger partial charge in [-0.05, 0) is 42.7 Å². The van der Waals surface area contributed by atoms with Gasteiger partial charge in [0.05, 0.1) is 12.1 Å². The van der Waals surface area contributed by atoms with Gasteiger partial charge in [-0.2, -0.15) is 0 Å². The molecule has 0 N–H and O–H groups in total. The van der Waals surface area contributed by atoms with Crippen molar-refractivity contribution in [2.75, 3.05) is 7.11 Å². The summed E-state index contributed by atoms with van der Waals surface area (Å²) < 4.78 is 10.3. The topological polar surface area (TPSA) is 80.3 Å². The van der Waals surface area contributed by atoms with Crippen LogP contribution in [0.25, 0.3) is 0 Å². The summed E-state index contributed by atoms with van der Waals surface area (Å²) in [6.07, 6.45) is 1.30. The molecule has 1 saturated carbocycles. The van der Waals surface area contributed by atoms with Crippen LogP contribution < -0.4 is 4.74 Å². The van der Waals surface area contributed by atoms with Crippen molar-refractivity contribution in [3.8, 4) is 5.75 Å². The number of methoxy groups -OCH3 is 1. The monoisotopic (exact) mass is 352 g/mol. The highest BCUT2D eigenvalue weighted by molar-refractivity contribution is 5.92. The number of hydrogen-bond acceptors (Lipinski definition) is 7. The van der Waals surface area contributed by atoms with Crippen LogP contribution in [0.1, 0.15) is 50.4 Å². The van der Waals surface area contributed by atoms with E-state index in [4.69, 9.17) is 9.47 Å². The quantitative estimate of drug-likeness (QED) is 0.449. The van der Waals surface area contributed by atoms with Crippen LogP contribution in [0.15, 0.2) is 24.3 Å². The minimum absolute atomic E-state index is 0.0970. The fraction of sp³-hybridized carbons (Fsp3) is 0.556. The van der Waals surface area contributed by atoms with Crippen molar-refractivity contribution in [3.05, 3.63) is 29.8 Å². The summed E-state index contributed by atoms with van der Waals surface area (Å²) in [5, 5.41) is 4.25. The van der Waals surface area contributed by atoms with E-state index in [1.165, 1.54) is 13.2 Å². The summed E-state index contributed by atoms with van der Waals surface area (Å²) in [6, 6.07) is 6.43. The highest BCUT2D eigenvalue weighted by atomic mass is 17.5. The molecule has 0 saturated heterocycles. The van der Waals surface area contributed by atoms with Gasteiger partial charge in [-0.25, -0.2) is 14.5 Å². The second kappa shape index (κ2) is 8.20. The van der Waals surface area contributed by atoms with Gasteiger partial charge in [0, 0.05) is 0 Å². The van der Waals surface area contributed by atoms with Crippen molar-refractivity contribution < 1.29 is 33.9 Å². The molecule has 0 aliphatic heterocycles. The molecule has 0 radical (unpaired) electrons. The van der Waals surface area contributed by atoms with Gasteiger partial charge in [-0.1, -0.05) is 32.9 Å². The Hall–Kier alpha value is -2.28. The molecule has 0 aromatic heterocycles. The molecule has 1 aliphatic carbocycles. The predicted octanol–water partition coefficient (Wildman–Crippen LogP) is 4.07. The predicted molar refractivity (Wildman–Crippen MR) is 87.6 cm³/mol. The summed E-state index contributed by atoms with van der Waals surface area (Å²) in [5.74, 6) is -0.0828. The van der Waals surface area contributed by atoms with E-state index in [1.54, 1.807) is 18.2 Å². The fourth-order valence-electron chi connectivity index (χ4n) is 3.44. The average molecular weight is 352 g/mol. The summed E-state index contributed by atoms with van der Waals surface area (Å²) >= 11 is 0. The number of hydrogen-bond donors (Lipinski definition) is 0. The van der Waals surface area contributed by atoms with Crippen LogP contribution in [-0.4, -0.2) is 25.3 Å². The van der Waals surface area contributed by atoms with E-state index in [0.717, 1.165) is 19.3 Å². The minimum Gasteiger partial charge on any atom is -0.496 e. The zero-order chi connectivity index (χ0) is 18.4. The third-order valence-electron chi connectivity index (χ3n) is 4.15. The first-order chi connectivity index (χ1) is 11.8. The van der Waals surface area contributed by atoms with Gasteiger partial charge in [0.25, 0.3) is 0 Å². The highest BCUT2D eigenvalue weighted by Gasteiger charge is 2.34. The van der Waals surface area contributed by atoms with Gasteiger partial charge >= 0.3 is 12.1 Å². The van der Waals surface area contributed by atoms with Gasteiger partial charge in [0.2, 0.25) is 0 Å². The van der Waals surface area contributed by atoms with Crippen molar-refractivity contribution in [2.24, 2.45) is 11.3 Å². The molecule has 2 atom stereocenters. The molecule has 7 heteroatoms. The highest BCUT2D eigenvalue weighted by Crippen LogP contribution is 2.39. The molecular weight excluding hydrogens is 328 g/mol. The Morgan fingerprint density at radius 1 is 1.12 bits per heavy atom. The van der Waals surface area contributed by atoms with E-state index >= 15 is 0 Å². The normalized spacial score (nSPS) is 21.9. The SMILES string of the molecule is COc1ccccc1C(=O)OOOC(=O)OC1CC(C)CC(C)(C)C1. The first-order valence-electron chi connectivity index (χ1n) is 8.20. The summed E-state index contributed by atoms with van der Waals surface area (Å²) in [4.78, 5) is 32.4. The minimum atomic E-state index is -1.04. The Morgan fingerprint density at radius 2 is 1.84 bits per heavy atom. The molecule has 0 amide bonds. The van der Waals surface area contributed by atoms with Crippen LogP contribution in [0.2, 0.25) is 0 Å². The van der Waals surface area contributed by atoms with E-state index in [1.807, 2.05) is 0 Å². The lowest BCUT2D eigenvalue weighted by atomic mass is 9.71. The van der Waals surface area contributed by atoms with E-state index in [-0.39, 0.29) is 17.1 Å². The molecule has 1 aromatic carbocycles. The van der Waals surface area contributed by atoms with Crippen molar-refractivity contribution in [1.82, 2.24) is 0 Å². The van der Waals surface area contributed by atoms with Gasteiger partial charge in [-0.15, -0.1) is 0 Å². The molecule has 2 unspecified atom stereocenters. The van der Waals surface area contributed by atoms with Gasteiger partial charge in [0.1, 0.15) is 17.4 Å². The van der Waals surface area contributed by atoms with Crippen LogP contribution in [-0.2, 0) is 19.6 Å². The third kappa shape index (κ3) is 5.63. The van der Waals surface area contributed by atoms with Crippen LogP contribution in [0.4, 0.5) is 4.79 Å². The molecule has 25 heavy (non-hydrogen) atoms. The van der Waals surface area contributed by atoms with E-state index in [2.05, 4.69) is 35.6 Å². The number of carbonyl (C=O) groups is 2. The molecule has 1 fully saturated rings. The lowest BCUT2D eigenvalue weighted by Gasteiger charge is -2.37. The number of para-hydroxylation sites is 1. The van der Waals surface area contributed by atoms with Crippen LogP contribution in [0.3, 0.4) is 0 Å². The molecule has 2 rings (SSSR count). The molecule has 0 heterocycles. The standard InChI is InChI=1S/C18H24O7/c1-12-9-13(11-18(2,3)10-12)22-17(20)24-25-23-16(19)14-7-5-6-8-15(14)21-4/h5-8,12-13H,9-11H2,1-4H3. The van der Waals surface area contributed by atoms with Gasteiger partial charge in [-0.3, -0.25) is 4.89 Å². The second-order valence-electron chi connectivity index (χ2n) is 7.13. The van der Waals surface area contributed by atoms with E-state index < -0.39 is 12.1 Å². The van der Waals surface area contributed by atoms with Gasteiger partial charge < -0.3 is 9.47 Å². The third-order valence-corrected chi connectivity index (χ3v) is 4.15. The maximum absolute atomic E-state index is 11.9. The fourth-order valence-corrected chi connectivity index (χ4v) is 3.44. The number of carbonyl (C=O) groups excluding carboxylic acids is 2. The van der Waals surface area contributed by atoms with Crippen molar-refractivity contribution in [2.45, 2.75) is 46.1 Å². The van der Waals surface area contributed by atoms with Crippen molar-refractivity contribution >= 4 is 12.1 Å². The van der Waals surface area contributed by atoms with Gasteiger partial charge in [0.15, 0.2) is 0 Å². The summed E-state index contributed by atoms with van der Waals surface area (Å²) in [5.41, 5.74) is 0.240. The second-order valence-corrected chi connectivity index (χ2v) is 7.13. The average Bonchev–Trinajstić information content (AvgIpc) is 2.52. The lowest BCUT2D eigenvalue weighted by molar-refractivity contribution is -0.453. The zero-order valence-electron chi connectivity index (χ0n) is 14.9. The van der Waals surface area contributed by atoms with Crippen LogP contribution in [0.5, 0.6) is 5.75 Å². The Morgan fingerprint density at radius 3 is 2.52 bits per heavy atom. The van der Waals surface area contributed by atoms with Crippen LogP contribution >= 0.6 is 0 Å². The number of rotatable bonds is 5. The Bertz CT molecular complexity index is 611. The summed E-state index contributed by atoms with van der Waals surface area (Å²) in [6.45, 7) is 6.39.